The second-order valence-electron chi connectivity index (χ2n) is 6.00. The smallest absolute Gasteiger partial charge is 0.265 e. The van der Waals surface area contributed by atoms with Gasteiger partial charge in [-0.3, -0.25) is 4.79 Å². The Bertz CT molecular complexity index is 887. The number of nitrogens with zero attached hydrogens (tertiary/aromatic N) is 1. The molecule has 1 amide bonds. The highest BCUT2D eigenvalue weighted by molar-refractivity contribution is 7.89. The highest BCUT2D eigenvalue weighted by atomic mass is 35.5. The number of piperidine rings is 1. The molecule has 0 aliphatic carbocycles. The van der Waals surface area contributed by atoms with Crippen molar-refractivity contribution in [2.24, 2.45) is 0 Å². The lowest BCUT2D eigenvalue weighted by molar-refractivity contribution is 0.103. The van der Waals surface area contributed by atoms with Crippen LogP contribution in [0.25, 0.3) is 0 Å². The molecule has 2 aromatic rings. The van der Waals surface area contributed by atoms with Crippen LogP contribution < -0.4 is 5.32 Å². The zero-order valence-electron chi connectivity index (χ0n) is 13.8. The van der Waals surface area contributed by atoms with Crippen molar-refractivity contribution < 1.29 is 13.2 Å². The Balaban J connectivity index is 1.86. The van der Waals surface area contributed by atoms with Crippen LogP contribution in [0.5, 0.6) is 0 Å². The van der Waals surface area contributed by atoms with E-state index in [1.165, 1.54) is 21.7 Å². The van der Waals surface area contributed by atoms with Gasteiger partial charge >= 0.3 is 0 Å². The SMILES string of the molecule is Cc1ccc(S(=O)(=O)N2CCCCC2)cc1NC(=O)c1ccc(Cl)s1. The first-order valence-corrected chi connectivity index (χ1v) is 10.7. The number of sulfonamides is 1. The molecule has 1 aliphatic rings. The second-order valence-corrected chi connectivity index (χ2v) is 9.65. The van der Waals surface area contributed by atoms with Crippen molar-refractivity contribution in [3.8, 4) is 0 Å². The van der Waals surface area contributed by atoms with Crippen LogP contribution in [-0.2, 0) is 10.0 Å². The molecule has 0 bridgehead atoms. The average Bonchev–Trinajstić information content (AvgIpc) is 3.04. The van der Waals surface area contributed by atoms with Gasteiger partial charge in [0.15, 0.2) is 0 Å². The van der Waals surface area contributed by atoms with Gasteiger partial charge in [-0.15, -0.1) is 11.3 Å². The summed E-state index contributed by atoms with van der Waals surface area (Å²) >= 11 is 7.04. The van der Waals surface area contributed by atoms with Crippen molar-refractivity contribution in [2.75, 3.05) is 18.4 Å². The Morgan fingerprint density at radius 3 is 2.52 bits per heavy atom. The molecule has 5 nitrogen and oxygen atoms in total. The molecule has 0 unspecified atom stereocenters. The van der Waals surface area contributed by atoms with Crippen LogP contribution in [-0.4, -0.2) is 31.7 Å². The number of hydrogen-bond donors (Lipinski definition) is 1. The van der Waals surface area contributed by atoms with Gasteiger partial charge in [0.25, 0.3) is 5.91 Å². The summed E-state index contributed by atoms with van der Waals surface area (Å²) < 4.78 is 27.7. The van der Waals surface area contributed by atoms with Gasteiger partial charge < -0.3 is 5.32 Å². The number of hydrogen-bond acceptors (Lipinski definition) is 4. The molecule has 0 saturated carbocycles. The van der Waals surface area contributed by atoms with Crippen LogP contribution in [0.15, 0.2) is 35.2 Å². The molecule has 1 saturated heterocycles. The van der Waals surface area contributed by atoms with Crippen molar-refractivity contribution in [3.05, 3.63) is 45.1 Å². The molecular weight excluding hydrogens is 380 g/mol. The molecule has 3 rings (SSSR count). The third-order valence-corrected chi connectivity index (χ3v) is 7.33. The van der Waals surface area contributed by atoms with Crippen molar-refractivity contribution >= 4 is 44.6 Å². The molecule has 1 aliphatic heterocycles. The first kappa shape index (κ1) is 18.4. The van der Waals surface area contributed by atoms with Gasteiger partial charge in [-0.25, -0.2) is 8.42 Å². The van der Waals surface area contributed by atoms with Crippen molar-refractivity contribution in [2.45, 2.75) is 31.1 Å². The summed E-state index contributed by atoms with van der Waals surface area (Å²) in [6.45, 7) is 2.92. The van der Waals surface area contributed by atoms with Gasteiger partial charge in [0.05, 0.1) is 14.1 Å². The Morgan fingerprint density at radius 1 is 1.16 bits per heavy atom. The van der Waals surface area contributed by atoms with Crippen LogP contribution in [0.1, 0.15) is 34.5 Å². The van der Waals surface area contributed by atoms with E-state index in [4.69, 9.17) is 11.6 Å². The first-order chi connectivity index (χ1) is 11.9. The summed E-state index contributed by atoms with van der Waals surface area (Å²) in [5.74, 6) is -0.299. The van der Waals surface area contributed by atoms with Crippen LogP contribution in [0.4, 0.5) is 5.69 Å². The van der Waals surface area contributed by atoms with E-state index in [1.54, 1.807) is 24.3 Å². The molecule has 134 valence electrons. The lowest BCUT2D eigenvalue weighted by atomic mass is 10.2. The average molecular weight is 399 g/mol. The maximum atomic E-state index is 12.8. The number of thiophene rings is 1. The topological polar surface area (TPSA) is 66.5 Å². The van der Waals surface area contributed by atoms with E-state index in [1.807, 2.05) is 6.92 Å². The molecule has 0 atom stereocenters. The van der Waals surface area contributed by atoms with Crippen molar-refractivity contribution in [1.82, 2.24) is 4.31 Å². The molecule has 1 fully saturated rings. The van der Waals surface area contributed by atoms with Gasteiger partial charge in [0, 0.05) is 18.8 Å². The third-order valence-electron chi connectivity index (χ3n) is 4.21. The molecule has 1 aromatic heterocycles. The molecular formula is C17H19ClN2O3S2. The summed E-state index contributed by atoms with van der Waals surface area (Å²) in [5.41, 5.74) is 1.29. The van der Waals surface area contributed by atoms with Gasteiger partial charge in [0.1, 0.15) is 0 Å². The molecule has 1 N–H and O–H groups in total. The Hall–Kier alpha value is -1.41. The molecule has 1 aromatic carbocycles. The number of rotatable bonds is 4. The Kier molecular flexibility index (Phi) is 5.48. The van der Waals surface area contributed by atoms with Crippen LogP contribution >= 0.6 is 22.9 Å². The molecule has 25 heavy (non-hydrogen) atoms. The Labute approximate surface area is 156 Å². The van der Waals surface area contributed by atoms with E-state index in [-0.39, 0.29) is 10.8 Å². The van der Waals surface area contributed by atoms with Gasteiger partial charge in [0.2, 0.25) is 10.0 Å². The number of benzene rings is 1. The predicted octanol–water partition coefficient (Wildman–Crippen LogP) is 4.14. The third kappa shape index (κ3) is 4.06. The van der Waals surface area contributed by atoms with Crippen LogP contribution in [0.3, 0.4) is 0 Å². The largest absolute Gasteiger partial charge is 0.321 e. The predicted molar refractivity (Wildman–Crippen MR) is 101 cm³/mol. The van der Waals surface area contributed by atoms with E-state index < -0.39 is 10.0 Å². The van der Waals surface area contributed by atoms with E-state index in [0.717, 1.165) is 24.8 Å². The molecule has 0 radical (unpaired) electrons. The minimum Gasteiger partial charge on any atom is -0.321 e. The highest BCUT2D eigenvalue weighted by Crippen LogP contribution is 2.27. The standard InChI is InChI=1S/C17H19ClN2O3S2/c1-12-5-6-13(25(22,23)20-9-3-2-4-10-20)11-14(12)19-17(21)15-7-8-16(18)24-15/h5-8,11H,2-4,9-10H2,1H3,(H,19,21). The van der Waals surface area contributed by atoms with E-state index in [2.05, 4.69) is 5.32 Å². The molecule has 8 heteroatoms. The number of halogens is 1. The van der Waals surface area contributed by atoms with Crippen LogP contribution in [0.2, 0.25) is 4.34 Å². The van der Waals surface area contributed by atoms with Crippen LogP contribution in [0, 0.1) is 6.92 Å². The first-order valence-electron chi connectivity index (χ1n) is 8.05. The van der Waals surface area contributed by atoms with Crippen molar-refractivity contribution in [1.29, 1.82) is 0 Å². The fourth-order valence-corrected chi connectivity index (χ4v) is 5.25. The molecule has 2 heterocycles. The zero-order chi connectivity index (χ0) is 18.0. The summed E-state index contributed by atoms with van der Waals surface area (Å²) in [7, 11) is -3.53. The Morgan fingerprint density at radius 2 is 1.88 bits per heavy atom. The van der Waals surface area contributed by atoms with Gasteiger partial charge in [-0.2, -0.15) is 4.31 Å². The fraction of sp³-hybridized carbons (Fsp3) is 0.353. The fourth-order valence-electron chi connectivity index (χ4n) is 2.77. The number of amides is 1. The molecule has 0 spiro atoms. The number of nitrogens with one attached hydrogen (secondary N) is 1. The van der Waals surface area contributed by atoms with Gasteiger partial charge in [-0.05, 0) is 49.6 Å². The second kappa shape index (κ2) is 7.45. The number of carbonyl (C=O) groups is 1. The summed E-state index contributed by atoms with van der Waals surface area (Å²) in [6, 6.07) is 8.15. The van der Waals surface area contributed by atoms with E-state index in [9.17, 15) is 13.2 Å². The minimum atomic E-state index is -3.53. The normalized spacial score (nSPS) is 15.9. The number of anilines is 1. The lowest BCUT2D eigenvalue weighted by Crippen LogP contribution is -2.35. The minimum absolute atomic E-state index is 0.208. The summed E-state index contributed by atoms with van der Waals surface area (Å²) in [5, 5.41) is 2.79. The lowest BCUT2D eigenvalue weighted by Gasteiger charge is -2.26. The highest BCUT2D eigenvalue weighted by Gasteiger charge is 2.26. The van der Waals surface area contributed by atoms with E-state index in [0.29, 0.717) is 28.0 Å². The number of aryl methyl sites for hydroxylation is 1. The zero-order valence-corrected chi connectivity index (χ0v) is 16.2. The van der Waals surface area contributed by atoms with Crippen molar-refractivity contribution in [3.63, 3.8) is 0 Å². The quantitative estimate of drug-likeness (QED) is 0.841. The summed E-state index contributed by atoms with van der Waals surface area (Å²) in [6.07, 6.45) is 2.83. The maximum absolute atomic E-state index is 12.8. The summed E-state index contributed by atoms with van der Waals surface area (Å²) in [4.78, 5) is 13.0. The monoisotopic (exact) mass is 398 g/mol. The maximum Gasteiger partial charge on any atom is 0.265 e. The number of carbonyl (C=O) groups excluding carboxylic acids is 1. The van der Waals surface area contributed by atoms with Gasteiger partial charge in [-0.1, -0.05) is 24.1 Å². The van der Waals surface area contributed by atoms with E-state index >= 15 is 0 Å².